The lowest BCUT2D eigenvalue weighted by molar-refractivity contribution is -0.130. The van der Waals surface area contributed by atoms with Crippen molar-refractivity contribution < 1.29 is 24.1 Å². The molecule has 0 aliphatic heterocycles. The summed E-state index contributed by atoms with van der Waals surface area (Å²) in [5.74, 6) is 0.526. The maximum atomic E-state index is 11.8. The van der Waals surface area contributed by atoms with Crippen LogP contribution < -0.4 is 14.2 Å². The smallest absolute Gasteiger partial charge is 0.336 e. The van der Waals surface area contributed by atoms with Crippen LogP contribution >= 0.6 is 0 Å². The zero-order valence-corrected chi connectivity index (χ0v) is 13.2. The Kier molecular flexibility index (Phi) is 5.25. The van der Waals surface area contributed by atoms with Gasteiger partial charge in [0.1, 0.15) is 17.2 Å². The minimum Gasteiger partial charge on any atom is -0.497 e. The van der Waals surface area contributed by atoms with Gasteiger partial charge in [-0.05, 0) is 30.3 Å². The Morgan fingerprint density at radius 3 is 2.26 bits per heavy atom. The number of rotatable bonds is 6. The van der Waals surface area contributed by atoms with Gasteiger partial charge in [-0.2, -0.15) is 0 Å². The first kappa shape index (κ1) is 16.4. The summed E-state index contributed by atoms with van der Waals surface area (Å²) in [5.41, 5.74) is 1.19. The molecule has 120 valence electrons. The third kappa shape index (κ3) is 3.63. The van der Waals surface area contributed by atoms with Crippen molar-refractivity contribution >= 4 is 17.6 Å². The molecule has 0 heterocycles. The van der Waals surface area contributed by atoms with Crippen LogP contribution in [-0.4, -0.2) is 32.4 Å². The van der Waals surface area contributed by atoms with Crippen LogP contribution in [0.25, 0.3) is 11.6 Å². The molecule has 2 aromatic rings. The average molecular weight is 314 g/mol. The van der Waals surface area contributed by atoms with Crippen molar-refractivity contribution in [3.05, 3.63) is 53.6 Å². The minimum absolute atomic E-state index is 0.0882. The van der Waals surface area contributed by atoms with Gasteiger partial charge in [-0.1, -0.05) is 18.2 Å². The van der Waals surface area contributed by atoms with E-state index in [0.29, 0.717) is 28.4 Å². The molecule has 0 aliphatic carbocycles. The van der Waals surface area contributed by atoms with E-state index in [1.54, 1.807) is 43.5 Å². The lowest BCUT2D eigenvalue weighted by Gasteiger charge is -2.12. The van der Waals surface area contributed by atoms with Crippen molar-refractivity contribution in [3.63, 3.8) is 0 Å². The highest BCUT2D eigenvalue weighted by atomic mass is 16.5. The van der Waals surface area contributed by atoms with Gasteiger partial charge < -0.3 is 19.3 Å². The van der Waals surface area contributed by atoms with Gasteiger partial charge in [-0.25, -0.2) is 4.79 Å². The number of carbonyl (C=O) groups is 1. The van der Waals surface area contributed by atoms with Gasteiger partial charge in [0.05, 0.1) is 26.9 Å². The first-order chi connectivity index (χ1) is 11.1. The summed E-state index contributed by atoms with van der Waals surface area (Å²) in [6.45, 7) is 0. The molecule has 0 saturated heterocycles. The largest absolute Gasteiger partial charge is 0.497 e. The Labute approximate surface area is 134 Å². The molecule has 0 saturated carbocycles. The minimum atomic E-state index is -1.07. The maximum Gasteiger partial charge on any atom is 0.336 e. The summed E-state index contributed by atoms with van der Waals surface area (Å²) in [4.78, 5) is 11.8. The molecule has 2 rings (SSSR count). The molecule has 0 bridgehead atoms. The second-order valence-corrected chi connectivity index (χ2v) is 4.67. The van der Waals surface area contributed by atoms with E-state index in [9.17, 15) is 9.90 Å². The predicted molar refractivity (Wildman–Crippen MR) is 88.0 cm³/mol. The fraction of sp³-hybridized carbons (Fsp3) is 0.167. The van der Waals surface area contributed by atoms with Gasteiger partial charge in [0.25, 0.3) is 0 Å². The third-order valence-corrected chi connectivity index (χ3v) is 3.37. The summed E-state index contributed by atoms with van der Waals surface area (Å²) >= 11 is 0. The van der Waals surface area contributed by atoms with Crippen LogP contribution in [0.5, 0.6) is 17.2 Å². The molecule has 23 heavy (non-hydrogen) atoms. The molecule has 2 aromatic carbocycles. The molecule has 0 aromatic heterocycles. The quantitative estimate of drug-likeness (QED) is 0.654. The van der Waals surface area contributed by atoms with Crippen molar-refractivity contribution in [2.45, 2.75) is 0 Å². The second-order valence-electron chi connectivity index (χ2n) is 4.67. The standard InChI is InChI=1S/C18H18O5/c1-21-13-8-9-17(23-3)14(11-13)15(18(19)20)10-12-6-4-5-7-16(12)22-2/h4-11H,1-3H3,(H,19,20)/b15-10-. The summed E-state index contributed by atoms with van der Waals surface area (Å²) in [6, 6.07) is 12.2. The Morgan fingerprint density at radius 1 is 0.957 bits per heavy atom. The molecule has 0 atom stereocenters. The lowest BCUT2D eigenvalue weighted by Crippen LogP contribution is -2.03. The number of hydrogen-bond donors (Lipinski definition) is 1. The molecule has 5 heteroatoms. The van der Waals surface area contributed by atoms with Gasteiger partial charge in [-0.15, -0.1) is 0 Å². The van der Waals surface area contributed by atoms with Gasteiger partial charge in [0.2, 0.25) is 0 Å². The van der Waals surface area contributed by atoms with Gasteiger partial charge >= 0.3 is 5.97 Å². The van der Waals surface area contributed by atoms with Crippen LogP contribution in [0.4, 0.5) is 0 Å². The van der Waals surface area contributed by atoms with Crippen molar-refractivity contribution in [1.82, 2.24) is 0 Å². The van der Waals surface area contributed by atoms with Crippen LogP contribution in [-0.2, 0) is 4.79 Å². The van der Waals surface area contributed by atoms with Crippen LogP contribution in [0.1, 0.15) is 11.1 Å². The molecular formula is C18H18O5. The third-order valence-electron chi connectivity index (χ3n) is 3.37. The summed E-state index contributed by atoms with van der Waals surface area (Å²) in [6.07, 6.45) is 1.55. The monoisotopic (exact) mass is 314 g/mol. The molecule has 0 amide bonds. The van der Waals surface area contributed by atoms with E-state index in [2.05, 4.69) is 0 Å². The Bertz CT molecular complexity index is 734. The second kappa shape index (κ2) is 7.35. The van der Waals surface area contributed by atoms with Crippen molar-refractivity contribution in [2.24, 2.45) is 0 Å². The summed E-state index contributed by atoms with van der Waals surface area (Å²) in [5, 5.41) is 9.63. The molecular weight excluding hydrogens is 296 g/mol. The Hall–Kier alpha value is -2.95. The van der Waals surface area contributed by atoms with Crippen molar-refractivity contribution in [2.75, 3.05) is 21.3 Å². The van der Waals surface area contributed by atoms with E-state index in [4.69, 9.17) is 14.2 Å². The molecule has 5 nitrogen and oxygen atoms in total. The van der Waals surface area contributed by atoms with Gasteiger partial charge in [0.15, 0.2) is 0 Å². The van der Waals surface area contributed by atoms with E-state index in [0.717, 1.165) is 0 Å². The van der Waals surface area contributed by atoms with Crippen molar-refractivity contribution in [1.29, 1.82) is 0 Å². The Morgan fingerprint density at radius 2 is 1.65 bits per heavy atom. The predicted octanol–water partition coefficient (Wildman–Crippen LogP) is 3.34. The number of methoxy groups -OCH3 is 3. The highest BCUT2D eigenvalue weighted by molar-refractivity contribution is 6.21. The highest BCUT2D eigenvalue weighted by Gasteiger charge is 2.17. The van der Waals surface area contributed by atoms with Crippen LogP contribution in [0.15, 0.2) is 42.5 Å². The molecule has 0 unspecified atom stereocenters. The number of carboxylic acid groups (broad SMARTS) is 1. The fourth-order valence-electron chi connectivity index (χ4n) is 2.22. The van der Waals surface area contributed by atoms with E-state index in [1.165, 1.54) is 14.2 Å². The first-order valence-corrected chi connectivity index (χ1v) is 6.91. The number of ether oxygens (including phenoxy) is 3. The first-order valence-electron chi connectivity index (χ1n) is 6.91. The number of hydrogen-bond acceptors (Lipinski definition) is 4. The normalized spacial score (nSPS) is 11.0. The molecule has 0 spiro atoms. The molecule has 0 aliphatic rings. The van der Waals surface area contributed by atoms with Crippen LogP contribution in [0, 0.1) is 0 Å². The van der Waals surface area contributed by atoms with Gasteiger partial charge in [-0.3, -0.25) is 0 Å². The maximum absolute atomic E-state index is 11.8. The highest BCUT2D eigenvalue weighted by Crippen LogP contribution is 2.33. The fourth-order valence-corrected chi connectivity index (χ4v) is 2.22. The van der Waals surface area contributed by atoms with E-state index < -0.39 is 5.97 Å². The Balaban J connectivity index is 2.63. The molecule has 1 N–H and O–H groups in total. The number of benzene rings is 2. The average Bonchev–Trinajstić information content (AvgIpc) is 2.59. The topological polar surface area (TPSA) is 65.0 Å². The van der Waals surface area contributed by atoms with E-state index in [1.807, 2.05) is 12.1 Å². The van der Waals surface area contributed by atoms with Crippen LogP contribution in [0.2, 0.25) is 0 Å². The lowest BCUT2D eigenvalue weighted by atomic mass is 10.0. The SMILES string of the molecule is COc1ccc(OC)c(/C(=C/c2ccccc2OC)C(=O)O)c1. The molecule has 0 fully saturated rings. The number of para-hydroxylation sites is 1. The van der Waals surface area contributed by atoms with E-state index in [-0.39, 0.29) is 5.57 Å². The summed E-state index contributed by atoms with van der Waals surface area (Å²) < 4.78 is 15.7. The zero-order chi connectivity index (χ0) is 16.8. The van der Waals surface area contributed by atoms with Gasteiger partial charge in [0, 0.05) is 11.1 Å². The van der Waals surface area contributed by atoms with Crippen LogP contribution in [0.3, 0.4) is 0 Å². The summed E-state index contributed by atoms with van der Waals surface area (Å²) in [7, 11) is 4.56. The van der Waals surface area contributed by atoms with Crippen molar-refractivity contribution in [3.8, 4) is 17.2 Å². The molecule has 0 radical (unpaired) electrons. The zero-order valence-electron chi connectivity index (χ0n) is 13.2. The number of carboxylic acids is 1. The van der Waals surface area contributed by atoms with E-state index >= 15 is 0 Å². The number of aliphatic carboxylic acids is 1.